The smallest absolute Gasteiger partial charge is 0.292 e. The molecule has 0 atom stereocenters. The first kappa shape index (κ1) is 14.3. The number of aromatic nitrogens is 2. The molecule has 2 rings (SSSR count). The minimum Gasteiger partial charge on any atom is -0.383 e. The van der Waals surface area contributed by atoms with Crippen LogP contribution in [0.25, 0.3) is 0 Å². The lowest BCUT2D eigenvalue weighted by Crippen LogP contribution is -1.97. The number of aryl methyl sites for hydroxylation is 1. The Morgan fingerprint density at radius 1 is 1.35 bits per heavy atom. The number of nitrogens with one attached hydrogen (secondary N) is 1. The molecule has 0 aliphatic rings. The van der Waals surface area contributed by atoms with Gasteiger partial charge in [0, 0.05) is 31.3 Å². The molecule has 6 nitrogen and oxygen atoms in total. The molecule has 0 radical (unpaired) electrons. The van der Waals surface area contributed by atoms with Crippen molar-refractivity contribution in [3.05, 3.63) is 51.8 Å². The van der Waals surface area contributed by atoms with Gasteiger partial charge in [-0.2, -0.15) is 0 Å². The van der Waals surface area contributed by atoms with Crippen LogP contribution in [0.2, 0.25) is 0 Å². The maximum atomic E-state index is 10.8. The van der Waals surface area contributed by atoms with Crippen LogP contribution >= 0.6 is 11.8 Å². The predicted molar refractivity (Wildman–Crippen MR) is 79.0 cm³/mol. The molecule has 2 aromatic rings. The highest BCUT2D eigenvalue weighted by Gasteiger charge is 2.12. The fraction of sp³-hybridized carbons (Fsp3) is 0.231. The monoisotopic (exact) mass is 290 g/mol. The number of nitro groups is 1. The van der Waals surface area contributed by atoms with Crippen LogP contribution in [0.4, 0.5) is 11.4 Å². The van der Waals surface area contributed by atoms with Crippen LogP contribution in [0.15, 0.2) is 35.7 Å². The van der Waals surface area contributed by atoms with Crippen LogP contribution < -0.4 is 5.32 Å². The Kier molecular flexibility index (Phi) is 4.52. The summed E-state index contributed by atoms with van der Waals surface area (Å²) < 4.78 is 0. The van der Waals surface area contributed by atoms with Gasteiger partial charge in [-0.05, 0) is 24.1 Å². The standard InChI is InChI=1S/C13H14N4O2S/c1-9-6-15-13(16-7-9)20-8-10-3-4-12(17(18)19)11(5-10)14-2/h3-7,14H,8H2,1-2H3. The topological polar surface area (TPSA) is 81.0 Å². The average molecular weight is 290 g/mol. The van der Waals surface area contributed by atoms with E-state index in [0.717, 1.165) is 11.1 Å². The molecule has 1 aromatic carbocycles. The van der Waals surface area contributed by atoms with Crippen molar-refractivity contribution in [2.45, 2.75) is 17.8 Å². The van der Waals surface area contributed by atoms with Crippen molar-refractivity contribution in [1.82, 2.24) is 9.97 Å². The van der Waals surface area contributed by atoms with Gasteiger partial charge in [0.25, 0.3) is 5.69 Å². The van der Waals surface area contributed by atoms with Crippen LogP contribution in [-0.4, -0.2) is 21.9 Å². The van der Waals surface area contributed by atoms with Crippen LogP contribution in [0, 0.1) is 17.0 Å². The molecule has 0 aliphatic heterocycles. The minimum absolute atomic E-state index is 0.0767. The number of benzene rings is 1. The quantitative estimate of drug-likeness (QED) is 0.394. The average Bonchev–Trinajstić information content (AvgIpc) is 2.46. The van der Waals surface area contributed by atoms with Gasteiger partial charge in [-0.15, -0.1) is 0 Å². The Labute approximate surface area is 120 Å². The summed E-state index contributed by atoms with van der Waals surface area (Å²) in [6.45, 7) is 1.93. The molecular weight excluding hydrogens is 276 g/mol. The Bertz CT molecular complexity index is 616. The number of hydrogen-bond acceptors (Lipinski definition) is 6. The predicted octanol–water partition coefficient (Wildman–Crippen LogP) is 3.03. The van der Waals surface area contributed by atoms with Crippen molar-refractivity contribution < 1.29 is 4.92 Å². The molecule has 0 saturated heterocycles. The Morgan fingerprint density at radius 3 is 2.65 bits per heavy atom. The van der Waals surface area contributed by atoms with E-state index in [2.05, 4.69) is 15.3 Å². The summed E-state index contributed by atoms with van der Waals surface area (Å²) in [5.41, 5.74) is 2.59. The fourth-order valence-corrected chi connectivity index (χ4v) is 2.37. The van der Waals surface area contributed by atoms with Gasteiger partial charge in [0.2, 0.25) is 0 Å². The second kappa shape index (κ2) is 6.33. The molecule has 20 heavy (non-hydrogen) atoms. The van der Waals surface area contributed by atoms with Crippen LogP contribution in [0.1, 0.15) is 11.1 Å². The molecule has 1 aromatic heterocycles. The van der Waals surface area contributed by atoms with E-state index in [9.17, 15) is 10.1 Å². The molecule has 1 heterocycles. The van der Waals surface area contributed by atoms with E-state index < -0.39 is 4.92 Å². The zero-order valence-electron chi connectivity index (χ0n) is 11.2. The SMILES string of the molecule is CNc1cc(CSc2ncc(C)cn2)ccc1[N+](=O)[O-]. The number of nitro benzene ring substituents is 1. The molecule has 0 amide bonds. The van der Waals surface area contributed by atoms with Gasteiger partial charge in [0.1, 0.15) is 5.69 Å². The van der Waals surface area contributed by atoms with Gasteiger partial charge in [-0.1, -0.05) is 17.8 Å². The zero-order chi connectivity index (χ0) is 14.5. The lowest BCUT2D eigenvalue weighted by molar-refractivity contribution is -0.383. The molecule has 104 valence electrons. The van der Waals surface area contributed by atoms with E-state index >= 15 is 0 Å². The maximum Gasteiger partial charge on any atom is 0.292 e. The molecule has 0 saturated carbocycles. The van der Waals surface area contributed by atoms with Gasteiger partial charge in [-0.3, -0.25) is 10.1 Å². The van der Waals surface area contributed by atoms with E-state index in [-0.39, 0.29) is 5.69 Å². The molecule has 0 spiro atoms. The Hall–Kier alpha value is -2.15. The van der Waals surface area contributed by atoms with Gasteiger partial charge < -0.3 is 5.32 Å². The second-order valence-corrected chi connectivity index (χ2v) is 5.13. The zero-order valence-corrected chi connectivity index (χ0v) is 12.0. The summed E-state index contributed by atoms with van der Waals surface area (Å²) in [4.78, 5) is 18.9. The summed E-state index contributed by atoms with van der Waals surface area (Å²) in [6.07, 6.45) is 3.54. The molecule has 7 heteroatoms. The first-order valence-corrected chi connectivity index (χ1v) is 6.95. The molecular formula is C13H14N4O2S. The lowest BCUT2D eigenvalue weighted by Gasteiger charge is -2.05. The molecule has 0 unspecified atom stereocenters. The Morgan fingerprint density at radius 2 is 2.05 bits per heavy atom. The lowest BCUT2D eigenvalue weighted by atomic mass is 10.2. The Balaban J connectivity index is 2.10. The largest absolute Gasteiger partial charge is 0.383 e. The summed E-state index contributed by atoms with van der Waals surface area (Å²) in [6, 6.07) is 5.04. The summed E-state index contributed by atoms with van der Waals surface area (Å²) in [5.74, 6) is 0.662. The third-order valence-corrected chi connectivity index (χ3v) is 3.60. The number of hydrogen-bond donors (Lipinski definition) is 1. The summed E-state index contributed by atoms with van der Waals surface area (Å²) in [5, 5.41) is 14.4. The maximum absolute atomic E-state index is 10.8. The van der Waals surface area contributed by atoms with Crippen molar-refractivity contribution >= 4 is 23.1 Å². The molecule has 1 N–H and O–H groups in total. The van der Waals surface area contributed by atoms with E-state index in [4.69, 9.17) is 0 Å². The third kappa shape index (κ3) is 3.45. The number of anilines is 1. The van der Waals surface area contributed by atoms with Crippen molar-refractivity contribution in [3.63, 3.8) is 0 Å². The van der Waals surface area contributed by atoms with Gasteiger partial charge in [0.05, 0.1) is 4.92 Å². The first-order chi connectivity index (χ1) is 9.60. The summed E-state index contributed by atoms with van der Waals surface area (Å²) in [7, 11) is 1.67. The van der Waals surface area contributed by atoms with Crippen LogP contribution in [0.5, 0.6) is 0 Å². The van der Waals surface area contributed by atoms with Crippen LogP contribution in [0.3, 0.4) is 0 Å². The number of thioether (sulfide) groups is 1. The van der Waals surface area contributed by atoms with Crippen molar-refractivity contribution in [2.24, 2.45) is 0 Å². The number of nitrogens with zero attached hydrogens (tertiary/aromatic N) is 3. The highest BCUT2D eigenvalue weighted by molar-refractivity contribution is 7.98. The van der Waals surface area contributed by atoms with E-state index in [1.54, 1.807) is 31.6 Å². The third-order valence-electron chi connectivity index (χ3n) is 2.65. The molecule has 0 aliphatic carbocycles. The summed E-state index contributed by atoms with van der Waals surface area (Å²) >= 11 is 1.50. The van der Waals surface area contributed by atoms with Gasteiger partial charge in [-0.25, -0.2) is 9.97 Å². The first-order valence-electron chi connectivity index (χ1n) is 5.96. The van der Waals surface area contributed by atoms with Gasteiger partial charge >= 0.3 is 0 Å². The highest BCUT2D eigenvalue weighted by Crippen LogP contribution is 2.27. The second-order valence-electron chi connectivity index (χ2n) is 4.19. The van der Waals surface area contributed by atoms with Crippen LogP contribution in [-0.2, 0) is 5.75 Å². The van der Waals surface area contributed by atoms with Crippen molar-refractivity contribution in [3.8, 4) is 0 Å². The molecule has 0 bridgehead atoms. The van der Waals surface area contributed by atoms with E-state index in [1.807, 2.05) is 6.92 Å². The molecule has 0 fully saturated rings. The van der Waals surface area contributed by atoms with E-state index in [1.165, 1.54) is 17.8 Å². The van der Waals surface area contributed by atoms with E-state index in [0.29, 0.717) is 16.6 Å². The normalized spacial score (nSPS) is 10.3. The fourth-order valence-electron chi connectivity index (χ4n) is 1.64. The van der Waals surface area contributed by atoms with Crippen molar-refractivity contribution in [1.29, 1.82) is 0 Å². The highest BCUT2D eigenvalue weighted by atomic mass is 32.2. The van der Waals surface area contributed by atoms with Crippen molar-refractivity contribution in [2.75, 3.05) is 12.4 Å². The minimum atomic E-state index is -0.397. The number of rotatable bonds is 5. The van der Waals surface area contributed by atoms with Gasteiger partial charge in [0.15, 0.2) is 5.16 Å².